The number of Topliss-reactive ketones (excluding diaryl/α,β-unsaturated/α-hetero) is 1. The van der Waals surface area contributed by atoms with Crippen molar-refractivity contribution >= 4 is 23.5 Å². The monoisotopic (exact) mass is 302 g/mol. The molecule has 116 valence electrons. The molecule has 0 spiro atoms. The third-order valence-electron chi connectivity index (χ3n) is 4.33. The highest BCUT2D eigenvalue weighted by Gasteiger charge is 2.63. The number of hydrogen-bond acceptors (Lipinski definition) is 4. The molecule has 2 saturated heterocycles. The highest BCUT2D eigenvalue weighted by atomic mass is 16.5. The zero-order valence-electron chi connectivity index (χ0n) is 12.6. The number of ketones is 1. The summed E-state index contributed by atoms with van der Waals surface area (Å²) in [7, 11) is 0. The molecule has 1 aromatic rings. The highest BCUT2D eigenvalue weighted by Crippen LogP contribution is 2.45. The van der Waals surface area contributed by atoms with Crippen LogP contribution < -0.4 is 4.90 Å². The number of carbonyl (C=O) groups is 3. The summed E-state index contributed by atoms with van der Waals surface area (Å²) in [6.45, 7) is 3.74. The Kier molecular flexibility index (Phi) is 3.39. The van der Waals surface area contributed by atoms with Gasteiger partial charge < -0.3 is 4.74 Å². The van der Waals surface area contributed by atoms with E-state index in [1.807, 2.05) is 37.3 Å². The van der Waals surface area contributed by atoms with Crippen molar-refractivity contribution in [1.29, 1.82) is 0 Å². The molecule has 6 heteroatoms. The quantitative estimate of drug-likeness (QED) is 0.632. The number of carbonyl (C=O) groups excluding carboxylic acids is 3. The number of piperidine rings is 1. The fraction of sp³-hybridized carbons (Fsp3) is 0.438. The van der Waals surface area contributed by atoms with Crippen molar-refractivity contribution < 1.29 is 19.1 Å². The number of fused-ring (bicyclic) bond motifs is 1. The van der Waals surface area contributed by atoms with E-state index in [2.05, 4.69) is 0 Å². The third kappa shape index (κ3) is 1.90. The minimum atomic E-state index is -1.12. The van der Waals surface area contributed by atoms with Crippen LogP contribution >= 0.6 is 0 Å². The molecule has 1 aromatic carbocycles. The number of ether oxygens (including phenoxy) is 1. The normalized spacial score (nSPS) is 27.3. The van der Waals surface area contributed by atoms with Crippen LogP contribution in [0, 0.1) is 0 Å². The molecule has 0 aromatic heterocycles. The van der Waals surface area contributed by atoms with Crippen LogP contribution in [-0.2, 0) is 14.3 Å². The fourth-order valence-corrected chi connectivity index (χ4v) is 3.27. The van der Waals surface area contributed by atoms with E-state index < -0.39 is 17.7 Å². The van der Waals surface area contributed by atoms with Crippen molar-refractivity contribution in [3.05, 3.63) is 30.3 Å². The fourth-order valence-electron chi connectivity index (χ4n) is 3.27. The molecule has 0 bridgehead atoms. The van der Waals surface area contributed by atoms with Gasteiger partial charge in [-0.05, 0) is 32.4 Å². The number of urea groups is 1. The van der Waals surface area contributed by atoms with Crippen molar-refractivity contribution in [3.63, 3.8) is 0 Å². The lowest BCUT2D eigenvalue weighted by molar-refractivity contribution is -0.159. The van der Waals surface area contributed by atoms with Gasteiger partial charge in [0.05, 0.1) is 6.61 Å². The highest BCUT2D eigenvalue weighted by molar-refractivity contribution is 6.12. The summed E-state index contributed by atoms with van der Waals surface area (Å²) >= 11 is 0. The second-order valence-electron chi connectivity index (χ2n) is 5.66. The second-order valence-corrected chi connectivity index (χ2v) is 5.66. The zero-order chi connectivity index (χ0) is 15.9. The van der Waals surface area contributed by atoms with Gasteiger partial charge in [0.15, 0.2) is 11.8 Å². The molecule has 2 aliphatic rings. The lowest BCUT2D eigenvalue weighted by Crippen LogP contribution is -2.82. The number of para-hydroxylation sites is 1. The first-order valence-corrected chi connectivity index (χ1v) is 7.38. The van der Waals surface area contributed by atoms with Gasteiger partial charge >= 0.3 is 12.0 Å². The number of benzene rings is 1. The van der Waals surface area contributed by atoms with Gasteiger partial charge in [-0.2, -0.15) is 0 Å². The van der Waals surface area contributed by atoms with Crippen molar-refractivity contribution in [2.45, 2.75) is 38.4 Å². The van der Waals surface area contributed by atoms with Crippen LogP contribution in [0.15, 0.2) is 30.3 Å². The molecule has 2 amide bonds. The maximum Gasteiger partial charge on any atom is 0.336 e. The molecule has 22 heavy (non-hydrogen) atoms. The molecule has 0 saturated carbocycles. The average Bonchev–Trinajstić information content (AvgIpc) is 2.50. The lowest BCUT2D eigenvalue weighted by Gasteiger charge is -2.62. The molecule has 3 rings (SSSR count). The van der Waals surface area contributed by atoms with Crippen molar-refractivity contribution in [3.8, 4) is 0 Å². The summed E-state index contributed by atoms with van der Waals surface area (Å²) in [5, 5.41) is 0. The van der Waals surface area contributed by atoms with Crippen LogP contribution in [-0.4, -0.2) is 41.0 Å². The topological polar surface area (TPSA) is 66.9 Å². The molecular weight excluding hydrogens is 284 g/mol. The first-order valence-electron chi connectivity index (χ1n) is 7.38. The molecule has 2 aliphatic heterocycles. The van der Waals surface area contributed by atoms with Gasteiger partial charge in [-0.3, -0.25) is 14.6 Å². The summed E-state index contributed by atoms with van der Waals surface area (Å²) in [4.78, 5) is 39.8. The predicted molar refractivity (Wildman–Crippen MR) is 79.2 cm³/mol. The molecule has 2 heterocycles. The molecule has 0 unspecified atom stereocenters. The van der Waals surface area contributed by atoms with E-state index in [4.69, 9.17) is 4.74 Å². The maximum atomic E-state index is 12.6. The van der Waals surface area contributed by atoms with Crippen LogP contribution in [0.1, 0.15) is 26.7 Å². The van der Waals surface area contributed by atoms with E-state index in [-0.39, 0.29) is 24.8 Å². The number of rotatable bonds is 3. The van der Waals surface area contributed by atoms with E-state index in [1.54, 1.807) is 11.8 Å². The average molecular weight is 302 g/mol. The molecule has 2 atom stereocenters. The number of hydrogen-bond donors (Lipinski definition) is 0. The van der Waals surface area contributed by atoms with Gasteiger partial charge in [-0.15, -0.1) is 0 Å². The van der Waals surface area contributed by atoms with E-state index >= 15 is 0 Å². The molecular formula is C16H18N2O4. The van der Waals surface area contributed by atoms with E-state index in [9.17, 15) is 14.4 Å². The zero-order valence-corrected chi connectivity index (χ0v) is 12.6. The van der Waals surface area contributed by atoms with E-state index in [1.165, 1.54) is 4.90 Å². The number of nitrogens with zero attached hydrogens (tertiary/aromatic N) is 2. The smallest absolute Gasteiger partial charge is 0.336 e. The Labute approximate surface area is 128 Å². The van der Waals surface area contributed by atoms with Crippen LogP contribution in [0.4, 0.5) is 10.5 Å². The summed E-state index contributed by atoms with van der Waals surface area (Å²) in [5.41, 5.74) is 0.104. The van der Waals surface area contributed by atoms with Crippen molar-refractivity contribution in [2.75, 3.05) is 11.5 Å². The van der Waals surface area contributed by atoms with Gasteiger partial charge in [0.2, 0.25) is 0 Å². The molecule has 0 aliphatic carbocycles. The standard InChI is InChI=1S/C16H18N2O4/c1-3-22-14(20)13-12(19)9-10-16(2)17(15(21)18(13)16)11-7-5-4-6-8-11/h4-8,13H,3,9-10H2,1-2H3/t13-,16-/m1/s1. The minimum absolute atomic E-state index is 0.184. The Morgan fingerprint density at radius 3 is 2.64 bits per heavy atom. The van der Waals surface area contributed by atoms with Crippen LogP contribution in [0.5, 0.6) is 0 Å². The number of amides is 2. The second kappa shape index (κ2) is 5.12. The largest absolute Gasteiger partial charge is 0.464 e. The predicted octanol–water partition coefficient (Wildman–Crippen LogP) is 1.94. The van der Waals surface area contributed by atoms with Crippen molar-refractivity contribution in [1.82, 2.24) is 4.90 Å². The van der Waals surface area contributed by atoms with Crippen LogP contribution in [0.25, 0.3) is 0 Å². The van der Waals surface area contributed by atoms with E-state index in [0.717, 1.165) is 5.69 Å². The summed E-state index contributed by atoms with van der Waals surface area (Å²) in [6, 6.07) is 7.81. The van der Waals surface area contributed by atoms with E-state index in [0.29, 0.717) is 6.42 Å². The first kappa shape index (κ1) is 14.6. The Balaban J connectivity index is 1.93. The third-order valence-corrected chi connectivity index (χ3v) is 4.33. The van der Waals surface area contributed by atoms with Gasteiger partial charge in [0.1, 0.15) is 5.66 Å². The van der Waals surface area contributed by atoms with Crippen LogP contribution in [0.2, 0.25) is 0 Å². The minimum Gasteiger partial charge on any atom is -0.464 e. The van der Waals surface area contributed by atoms with Gasteiger partial charge in [0.25, 0.3) is 0 Å². The van der Waals surface area contributed by atoms with Crippen molar-refractivity contribution in [2.24, 2.45) is 0 Å². The Morgan fingerprint density at radius 1 is 1.32 bits per heavy atom. The Bertz CT molecular complexity index is 630. The number of esters is 1. The number of anilines is 1. The molecule has 2 fully saturated rings. The molecule has 0 radical (unpaired) electrons. The Morgan fingerprint density at radius 2 is 2.00 bits per heavy atom. The maximum absolute atomic E-state index is 12.6. The van der Waals surface area contributed by atoms with Crippen LogP contribution in [0.3, 0.4) is 0 Å². The van der Waals surface area contributed by atoms with Gasteiger partial charge in [-0.1, -0.05) is 18.2 Å². The SMILES string of the molecule is CCOC(=O)[C@H]1C(=O)CC[C@]2(C)N(c3ccccc3)C(=O)N12. The summed E-state index contributed by atoms with van der Waals surface area (Å²) in [5.74, 6) is -0.892. The lowest BCUT2D eigenvalue weighted by atomic mass is 9.84. The molecule has 0 N–H and O–H groups in total. The summed E-state index contributed by atoms with van der Waals surface area (Å²) in [6.07, 6.45) is 0.759. The first-order chi connectivity index (χ1) is 10.5. The summed E-state index contributed by atoms with van der Waals surface area (Å²) < 4.78 is 4.97. The van der Waals surface area contributed by atoms with Gasteiger partial charge in [0, 0.05) is 12.1 Å². The van der Waals surface area contributed by atoms with Gasteiger partial charge in [-0.25, -0.2) is 9.59 Å². The Hall–Kier alpha value is -2.37. The molecule has 6 nitrogen and oxygen atoms in total.